The first-order valence-electron chi connectivity index (χ1n) is 12.9. The van der Waals surface area contributed by atoms with Crippen LogP contribution in [0.5, 0.6) is 17.2 Å². The number of phenolic OH excluding ortho intramolecular Hbond substituents is 1. The lowest BCUT2D eigenvalue weighted by Crippen LogP contribution is -1.99. The van der Waals surface area contributed by atoms with Gasteiger partial charge in [0, 0.05) is 10.9 Å². The maximum absolute atomic E-state index is 11.9. The number of rotatable bonds is 6. The molecule has 0 spiro atoms. The first kappa shape index (κ1) is 24.3. The van der Waals surface area contributed by atoms with Gasteiger partial charge in [-0.25, -0.2) is 0 Å². The Morgan fingerprint density at radius 1 is 0.462 bits per heavy atom. The van der Waals surface area contributed by atoms with Gasteiger partial charge in [0.2, 0.25) is 5.75 Å². The number of phenols is 1. The van der Waals surface area contributed by atoms with E-state index in [1.165, 1.54) is 0 Å². The molecule has 0 aliphatic carbocycles. The Bertz CT molecular complexity index is 1740. The third kappa shape index (κ3) is 4.18. The molecule has 1 N–H and O–H groups in total. The third-order valence-electron chi connectivity index (χ3n) is 7.16. The third-order valence-corrected chi connectivity index (χ3v) is 7.16. The van der Waals surface area contributed by atoms with Crippen LogP contribution in [0.4, 0.5) is 0 Å². The molecular formula is C36H28O3. The number of ether oxygens (including phenoxy) is 2. The van der Waals surface area contributed by atoms with Crippen molar-refractivity contribution in [1.29, 1.82) is 0 Å². The van der Waals surface area contributed by atoms with Gasteiger partial charge in [-0.05, 0) is 50.4 Å². The van der Waals surface area contributed by atoms with Crippen LogP contribution in [0.15, 0.2) is 127 Å². The Morgan fingerprint density at radius 3 is 1.26 bits per heavy atom. The Kier molecular flexibility index (Phi) is 6.48. The lowest BCUT2D eigenvalue weighted by atomic mass is 9.78. The van der Waals surface area contributed by atoms with Crippen molar-refractivity contribution < 1.29 is 14.6 Å². The second-order valence-corrected chi connectivity index (χ2v) is 9.35. The fourth-order valence-corrected chi connectivity index (χ4v) is 5.52. The van der Waals surface area contributed by atoms with Crippen LogP contribution in [0.2, 0.25) is 0 Å². The van der Waals surface area contributed by atoms with E-state index in [-0.39, 0.29) is 5.75 Å². The molecule has 39 heavy (non-hydrogen) atoms. The largest absolute Gasteiger partial charge is 0.504 e. The van der Waals surface area contributed by atoms with E-state index >= 15 is 0 Å². The summed E-state index contributed by atoms with van der Waals surface area (Å²) in [4.78, 5) is 0. The summed E-state index contributed by atoms with van der Waals surface area (Å²) in [5.41, 5.74) is 8.28. The molecule has 0 aliphatic rings. The van der Waals surface area contributed by atoms with Gasteiger partial charge in [0.25, 0.3) is 0 Å². The van der Waals surface area contributed by atoms with Crippen molar-refractivity contribution in [1.82, 2.24) is 0 Å². The maximum atomic E-state index is 11.9. The molecule has 6 aromatic rings. The van der Waals surface area contributed by atoms with Gasteiger partial charge in [-0.1, -0.05) is 121 Å². The van der Waals surface area contributed by atoms with Gasteiger partial charge in [-0.3, -0.25) is 0 Å². The zero-order valence-corrected chi connectivity index (χ0v) is 21.9. The molecule has 0 fully saturated rings. The summed E-state index contributed by atoms with van der Waals surface area (Å²) in [6.45, 7) is 0. The minimum atomic E-state index is 0.0553. The highest BCUT2D eigenvalue weighted by molar-refractivity contribution is 6.20. The van der Waals surface area contributed by atoms with Crippen molar-refractivity contribution >= 4 is 10.8 Å². The standard InChI is InChI=1S/C36H28O3/c1-38-29-23-28-30(24-15-7-3-8-16-24)31(25-17-9-4-10-18-25)32(26-19-11-5-12-20-26)33(27-21-13-6-14-22-27)34(28)35(37)36(29)39-2/h3-23,37H,1-2H3. The Balaban J connectivity index is 1.97. The van der Waals surface area contributed by atoms with E-state index in [1.54, 1.807) is 14.2 Å². The molecule has 6 aromatic carbocycles. The molecule has 0 heterocycles. The zero-order valence-electron chi connectivity index (χ0n) is 21.9. The van der Waals surface area contributed by atoms with Crippen LogP contribution >= 0.6 is 0 Å². The summed E-state index contributed by atoms with van der Waals surface area (Å²) >= 11 is 0. The number of benzene rings is 6. The number of aromatic hydroxyl groups is 1. The highest BCUT2D eigenvalue weighted by Crippen LogP contribution is 2.56. The van der Waals surface area contributed by atoms with Gasteiger partial charge in [-0.2, -0.15) is 0 Å². The van der Waals surface area contributed by atoms with Crippen LogP contribution in [0.1, 0.15) is 0 Å². The molecule has 3 nitrogen and oxygen atoms in total. The molecule has 0 saturated carbocycles. The van der Waals surface area contributed by atoms with Gasteiger partial charge in [0.15, 0.2) is 11.5 Å². The predicted molar refractivity (Wildman–Crippen MR) is 160 cm³/mol. The molecule has 0 aliphatic heterocycles. The van der Waals surface area contributed by atoms with Gasteiger partial charge in [0.05, 0.1) is 14.2 Å². The Labute approximate surface area is 228 Å². The molecule has 0 radical (unpaired) electrons. The second kappa shape index (κ2) is 10.4. The molecule has 0 amide bonds. The average molecular weight is 509 g/mol. The number of methoxy groups -OCH3 is 2. The van der Waals surface area contributed by atoms with E-state index in [9.17, 15) is 5.11 Å². The topological polar surface area (TPSA) is 38.7 Å². The first-order valence-corrected chi connectivity index (χ1v) is 12.9. The highest BCUT2D eigenvalue weighted by atomic mass is 16.5. The summed E-state index contributed by atoms with van der Waals surface area (Å²) in [6, 6.07) is 43.4. The fourth-order valence-electron chi connectivity index (χ4n) is 5.52. The smallest absolute Gasteiger partial charge is 0.203 e. The monoisotopic (exact) mass is 508 g/mol. The van der Waals surface area contributed by atoms with Crippen LogP contribution in [0.3, 0.4) is 0 Å². The predicted octanol–water partition coefficient (Wildman–Crippen LogP) is 9.23. The van der Waals surface area contributed by atoms with Gasteiger partial charge in [-0.15, -0.1) is 0 Å². The van der Waals surface area contributed by atoms with E-state index in [0.29, 0.717) is 11.5 Å². The summed E-state index contributed by atoms with van der Waals surface area (Å²) < 4.78 is 11.4. The minimum Gasteiger partial charge on any atom is -0.504 e. The molecule has 0 aromatic heterocycles. The summed E-state index contributed by atoms with van der Waals surface area (Å²) in [5.74, 6) is 0.845. The quantitative estimate of drug-likeness (QED) is 0.244. The lowest BCUT2D eigenvalue weighted by molar-refractivity contribution is 0.335. The second-order valence-electron chi connectivity index (χ2n) is 9.35. The van der Waals surface area contributed by atoms with Crippen molar-refractivity contribution in [2.24, 2.45) is 0 Å². The summed E-state index contributed by atoms with van der Waals surface area (Å²) in [6.07, 6.45) is 0. The summed E-state index contributed by atoms with van der Waals surface area (Å²) in [7, 11) is 3.15. The van der Waals surface area contributed by atoms with Crippen LogP contribution in [0, 0.1) is 0 Å². The van der Waals surface area contributed by atoms with E-state index in [4.69, 9.17) is 9.47 Å². The normalized spacial score (nSPS) is 10.9. The molecular weight excluding hydrogens is 480 g/mol. The fraction of sp³-hybridized carbons (Fsp3) is 0.0556. The molecule has 190 valence electrons. The van der Waals surface area contributed by atoms with E-state index in [1.807, 2.05) is 54.6 Å². The van der Waals surface area contributed by atoms with Crippen molar-refractivity contribution in [3.8, 4) is 61.8 Å². The van der Waals surface area contributed by atoms with E-state index < -0.39 is 0 Å². The number of hydrogen-bond acceptors (Lipinski definition) is 3. The van der Waals surface area contributed by atoms with Crippen molar-refractivity contribution in [2.45, 2.75) is 0 Å². The maximum Gasteiger partial charge on any atom is 0.203 e. The molecule has 6 rings (SSSR count). The van der Waals surface area contributed by atoms with Gasteiger partial charge in [0.1, 0.15) is 0 Å². The average Bonchev–Trinajstić information content (AvgIpc) is 3.01. The van der Waals surface area contributed by atoms with Crippen molar-refractivity contribution in [3.63, 3.8) is 0 Å². The zero-order chi connectivity index (χ0) is 26.8. The van der Waals surface area contributed by atoms with E-state index in [0.717, 1.165) is 55.3 Å². The van der Waals surface area contributed by atoms with E-state index in [2.05, 4.69) is 72.8 Å². The number of fused-ring (bicyclic) bond motifs is 1. The van der Waals surface area contributed by atoms with Crippen molar-refractivity contribution in [2.75, 3.05) is 14.2 Å². The first-order chi connectivity index (χ1) is 19.2. The molecule has 0 saturated heterocycles. The van der Waals surface area contributed by atoms with Crippen LogP contribution in [-0.4, -0.2) is 19.3 Å². The molecule has 3 heteroatoms. The molecule has 0 unspecified atom stereocenters. The highest BCUT2D eigenvalue weighted by Gasteiger charge is 2.28. The SMILES string of the molecule is COc1cc2c(-c3ccccc3)c(-c3ccccc3)c(-c3ccccc3)c(-c3ccccc3)c2c(O)c1OC. The van der Waals surface area contributed by atoms with Crippen LogP contribution in [-0.2, 0) is 0 Å². The number of hydrogen-bond donors (Lipinski definition) is 1. The van der Waals surface area contributed by atoms with Gasteiger partial charge >= 0.3 is 0 Å². The Morgan fingerprint density at radius 2 is 0.846 bits per heavy atom. The van der Waals surface area contributed by atoms with Gasteiger partial charge < -0.3 is 14.6 Å². The minimum absolute atomic E-state index is 0.0553. The Hall–Kier alpha value is -5.02. The van der Waals surface area contributed by atoms with Crippen molar-refractivity contribution in [3.05, 3.63) is 127 Å². The molecule has 0 atom stereocenters. The summed E-state index contributed by atoms with van der Waals surface area (Å²) in [5, 5.41) is 13.5. The van der Waals surface area contributed by atoms with Crippen LogP contribution < -0.4 is 9.47 Å². The van der Waals surface area contributed by atoms with Crippen LogP contribution in [0.25, 0.3) is 55.3 Å². The molecule has 0 bridgehead atoms. The lowest BCUT2D eigenvalue weighted by Gasteiger charge is -2.25.